The molecule has 0 heterocycles. The maximum absolute atomic E-state index is 10.4. The molecule has 0 saturated carbocycles. The molecule has 2 heteroatoms. The number of hydrogen-bond acceptors (Lipinski definition) is 1. The molecule has 0 radical (unpaired) electrons. The smallest absolute Gasteiger partial charge is 0.125 e. The van der Waals surface area contributed by atoms with Crippen molar-refractivity contribution in [3.8, 4) is 11.8 Å². The van der Waals surface area contributed by atoms with Crippen LogP contribution in [0.1, 0.15) is 45.1 Å². The summed E-state index contributed by atoms with van der Waals surface area (Å²) >= 11 is 3.41. The maximum atomic E-state index is 10.4. The van der Waals surface area contributed by atoms with Crippen LogP contribution in [0.2, 0.25) is 0 Å². The van der Waals surface area contributed by atoms with Crippen LogP contribution in [0.5, 0.6) is 0 Å². The van der Waals surface area contributed by atoms with Crippen molar-refractivity contribution in [3.05, 3.63) is 34.3 Å². The van der Waals surface area contributed by atoms with Crippen molar-refractivity contribution in [2.75, 3.05) is 0 Å². The molecule has 0 atom stereocenters. The number of benzene rings is 1. The molecule has 1 aromatic carbocycles. The van der Waals surface area contributed by atoms with Gasteiger partial charge in [0.15, 0.2) is 0 Å². The molecule has 0 aliphatic rings. The van der Waals surface area contributed by atoms with E-state index in [1.165, 1.54) is 0 Å². The van der Waals surface area contributed by atoms with Gasteiger partial charge in [0, 0.05) is 10.0 Å². The predicted octanol–water partition coefficient (Wildman–Crippen LogP) is 4.13. The lowest BCUT2D eigenvalue weighted by molar-refractivity contribution is 0.0807. The Bertz CT molecular complexity index is 408. The van der Waals surface area contributed by atoms with Crippen LogP contribution >= 0.6 is 15.9 Å². The van der Waals surface area contributed by atoms with E-state index >= 15 is 0 Å². The molecule has 1 rings (SSSR count). The summed E-state index contributed by atoms with van der Waals surface area (Å²) < 4.78 is 1.01. The van der Waals surface area contributed by atoms with Crippen molar-refractivity contribution in [1.29, 1.82) is 0 Å². The van der Waals surface area contributed by atoms with Gasteiger partial charge < -0.3 is 5.11 Å². The Balaban J connectivity index is 2.87. The normalized spacial score (nSPS) is 10.8. The zero-order valence-corrected chi connectivity index (χ0v) is 12.0. The van der Waals surface area contributed by atoms with Crippen LogP contribution in [0.25, 0.3) is 0 Å². The van der Waals surface area contributed by atoms with E-state index in [-0.39, 0.29) is 0 Å². The third-order valence-electron chi connectivity index (χ3n) is 2.59. The van der Waals surface area contributed by atoms with E-state index in [1.807, 2.05) is 24.3 Å². The Kier molecular flexibility index (Phi) is 5.74. The van der Waals surface area contributed by atoms with Gasteiger partial charge in [0.1, 0.15) is 5.60 Å². The summed E-state index contributed by atoms with van der Waals surface area (Å²) in [6.07, 6.45) is 3.37. The minimum absolute atomic E-state index is 0.738. The first-order chi connectivity index (χ1) is 8.09. The fourth-order valence-electron chi connectivity index (χ4n) is 1.83. The van der Waals surface area contributed by atoms with E-state index in [9.17, 15) is 5.11 Å². The number of aliphatic hydroxyl groups is 1. The fraction of sp³-hybridized carbons (Fsp3) is 0.467. The first kappa shape index (κ1) is 14.3. The second kappa shape index (κ2) is 6.83. The van der Waals surface area contributed by atoms with Crippen LogP contribution in [0.3, 0.4) is 0 Å². The lowest BCUT2D eigenvalue weighted by atomic mass is 9.93. The molecule has 0 unspecified atom stereocenters. The Morgan fingerprint density at radius 2 is 1.88 bits per heavy atom. The van der Waals surface area contributed by atoms with E-state index in [0.29, 0.717) is 0 Å². The Morgan fingerprint density at radius 3 is 2.41 bits per heavy atom. The van der Waals surface area contributed by atoms with Crippen molar-refractivity contribution in [2.45, 2.75) is 45.1 Å². The third kappa shape index (κ3) is 4.93. The number of halogens is 1. The van der Waals surface area contributed by atoms with Crippen molar-refractivity contribution in [2.24, 2.45) is 0 Å². The Labute approximate surface area is 112 Å². The number of rotatable bonds is 4. The van der Waals surface area contributed by atoms with Crippen LogP contribution in [0, 0.1) is 11.8 Å². The van der Waals surface area contributed by atoms with Gasteiger partial charge in [-0.15, -0.1) is 0 Å². The summed E-state index contributed by atoms with van der Waals surface area (Å²) in [5.41, 5.74) is 0.108. The summed E-state index contributed by atoms with van der Waals surface area (Å²) in [6.45, 7) is 4.14. The Hall–Kier alpha value is -0.780. The average molecular weight is 295 g/mol. The number of hydrogen-bond donors (Lipinski definition) is 1. The highest BCUT2D eigenvalue weighted by atomic mass is 79.9. The lowest BCUT2D eigenvalue weighted by Crippen LogP contribution is -2.25. The highest BCUT2D eigenvalue weighted by molar-refractivity contribution is 9.10. The fourth-order valence-corrected chi connectivity index (χ4v) is 2.23. The minimum atomic E-state index is -0.828. The van der Waals surface area contributed by atoms with E-state index in [4.69, 9.17) is 0 Å². The van der Waals surface area contributed by atoms with E-state index in [0.717, 1.165) is 35.7 Å². The van der Waals surface area contributed by atoms with E-state index in [1.54, 1.807) is 0 Å². The topological polar surface area (TPSA) is 20.2 Å². The molecule has 0 aliphatic carbocycles. The largest absolute Gasteiger partial charge is 0.378 e. The zero-order chi connectivity index (χ0) is 12.7. The molecule has 1 N–H and O–H groups in total. The van der Waals surface area contributed by atoms with Gasteiger partial charge >= 0.3 is 0 Å². The van der Waals surface area contributed by atoms with Gasteiger partial charge in [0.05, 0.1) is 0 Å². The molecule has 0 fully saturated rings. The molecular weight excluding hydrogens is 276 g/mol. The monoisotopic (exact) mass is 294 g/mol. The first-order valence-electron chi connectivity index (χ1n) is 6.11. The van der Waals surface area contributed by atoms with Gasteiger partial charge in [-0.05, 0) is 31.0 Å². The molecule has 0 spiro atoms. The SMILES string of the molecule is CCCC(O)(C#Cc1cccc(Br)c1)CCC. The Morgan fingerprint density at radius 1 is 1.24 bits per heavy atom. The minimum Gasteiger partial charge on any atom is -0.378 e. The molecule has 0 saturated heterocycles. The van der Waals surface area contributed by atoms with Crippen LogP contribution in [-0.2, 0) is 0 Å². The van der Waals surface area contributed by atoms with Crippen molar-refractivity contribution >= 4 is 15.9 Å². The van der Waals surface area contributed by atoms with Gasteiger partial charge in [-0.1, -0.05) is 60.5 Å². The van der Waals surface area contributed by atoms with Crippen LogP contribution in [-0.4, -0.2) is 10.7 Å². The van der Waals surface area contributed by atoms with Crippen molar-refractivity contribution < 1.29 is 5.11 Å². The standard InChI is InChI=1S/C15H19BrO/c1-3-9-15(17,10-4-2)11-8-13-6-5-7-14(16)12-13/h5-7,12,17H,3-4,9-10H2,1-2H3. The predicted molar refractivity (Wildman–Crippen MR) is 75.8 cm³/mol. The summed E-state index contributed by atoms with van der Waals surface area (Å²) in [4.78, 5) is 0. The van der Waals surface area contributed by atoms with Crippen LogP contribution in [0.15, 0.2) is 28.7 Å². The third-order valence-corrected chi connectivity index (χ3v) is 3.08. The molecule has 92 valence electrons. The van der Waals surface area contributed by atoms with Gasteiger partial charge in [0.25, 0.3) is 0 Å². The second-order valence-electron chi connectivity index (χ2n) is 4.29. The van der Waals surface area contributed by atoms with E-state index < -0.39 is 5.60 Å². The lowest BCUT2D eigenvalue weighted by Gasteiger charge is -2.20. The average Bonchev–Trinajstić information content (AvgIpc) is 2.27. The maximum Gasteiger partial charge on any atom is 0.125 e. The van der Waals surface area contributed by atoms with Gasteiger partial charge in [-0.3, -0.25) is 0 Å². The molecular formula is C15H19BrO. The van der Waals surface area contributed by atoms with E-state index in [2.05, 4.69) is 41.6 Å². The second-order valence-corrected chi connectivity index (χ2v) is 5.21. The van der Waals surface area contributed by atoms with Crippen molar-refractivity contribution in [3.63, 3.8) is 0 Å². The summed E-state index contributed by atoms with van der Waals surface area (Å²) in [6, 6.07) is 7.84. The first-order valence-corrected chi connectivity index (χ1v) is 6.90. The molecule has 1 nitrogen and oxygen atoms in total. The van der Waals surface area contributed by atoms with Gasteiger partial charge in [-0.25, -0.2) is 0 Å². The zero-order valence-electron chi connectivity index (χ0n) is 10.5. The summed E-state index contributed by atoms with van der Waals surface area (Å²) in [5, 5.41) is 10.4. The molecule has 17 heavy (non-hydrogen) atoms. The summed E-state index contributed by atoms with van der Waals surface area (Å²) in [7, 11) is 0. The van der Waals surface area contributed by atoms with Crippen molar-refractivity contribution in [1.82, 2.24) is 0 Å². The molecule has 0 amide bonds. The molecule has 0 bridgehead atoms. The quantitative estimate of drug-likeness (QED) is 0.828. The highest BCUT2D eigenvalue weighted by Crippen LogP contribution is 2.19. The van der Waals surface area contributed by atoms with Gasteiger partial charge in [0.2, 0.25) is 0 Å². The van der Waals surface area contributed by atoms with Crippen LogP contribution in [0.4, 0.5) is 0 Å². The highest BCUT2D eigenvalue weighted by Gasteiger charge is 2.21. The summed E-state index contributed by atoms with van der Waals surface area (Å²) in [5.74, 6) is 6.09. The van der Waals surface area contributed by atoms with Gasteiger partial charge in [-0.2, -0.15) is 0 Å². The molecule has 1 aromatic rings. The molecule has 0 aliphatic heterocycles. The molecule has 0 aromatic heterocycles. The van der Waals surface area contributed by atoms with Crippen LogP contribution < -0.4 is 0 Å².